The highest BCUT2D eigenvalue weighted by molar-refractivity contribution is 5.70. The van der Waals surface area contributed by atoms with E-state index in [4.69, 9.17) is 10.3 Å². The van der Waals surface area contributed by atoms with Crippen LogP contribution < -0.4 is 22.8 Å². The Morgan fingerprint density at radius 2 is 1.81 bits per heavy atom. The molecule has 21 heavy (non-hydrogen) atoms. The van der Waals surface area contributed by atoms with Crippen LogP contribution in [0.5, 0.6) is 0 Å². The minimum absolute atomic E-state index is 0. The number of nitrogen functional groups attached to an aromatic ring is 1. The van der Waals surface area contributed by atoms with Crippen LogP contribution in [-0.2, 0) is 0 Å². The van der Waals surface area contributed by atoms with Crippen molar-refractivity contribution in [3.8, 4) is 0 Å². The van der Waals surface area contributed by atoms with Gasteiger partial charge in [-0.05, 0) is 29.2 Å². The summed E-state index contributed by atoms with van der Waals surface area (Å²) in [7, 11) is 0. The van der Waals surface area contributed by atoms with Gasteiger partial charge >= 0.3 is 5.88 Å². The molecule has 1 heterocycles. The summed E-state index contributed by atoms with van der Waals surface area (Å²) in [5.41, 5.74) is 7.93. The van der Waals surface area contributed by atoms with Crippen molar-refractivity contribution in [2.45, 2.75) is 38.1 Å². The molecule has 1 aliphatic carbocycles. The lowest BCUT2D eigenvalue weighted by Crippen LogP contribution is -3.00. The summed E-state index contributed by atoms with van der Waals surface area (Å²) >= 11 is 0. The first-order valence-electron chi connectivity index (χ1n) is 7.25. The molecular formula is C16H20ClN3O. The molecule has 2 N–H and O–H groups in total. The van der Waals surface area contributed by atoms with Gasteiger partial charge in [0.05, 0.1) is 0 Å². The van der Waals surface area contributed by atoms with E-state index in [9.17, 15) is 0 Å². The molecule has 2 aromatic rings. The minimum Gasteiger partial charge on any atom is -1.00 e. The molecule has 1 saturated carbocycles. The van der Waals surface area contributed by atoms with Crippen LogP contribution in [0, 0.1) is 0 Å². The highest BCUT2D eigenvalue weighted by Crippen LogP contribution is 2.25. The second-order valence-corrected chi connectivity index (χ2v) is 5.30. The van der Waals surface area contributed by atoms with Crippen LogP contribution in [0.1, 0.15) is 49.4 Å². The first-order chi connectivity index (χ1) is 9.84. The first-order valence-corrected chi connectivity index (χ1v) is 7.25. The van der Waals surface area contributed by atoms with Gasteiger partial charge in [-0.15, -0.1) is 0 Å². The molecule has 0 spiro atoms. The van der Waals surface area contributed by atoms with Gasteiger partial charge in [0, 0.05) is 18.9 Å². The largest absolute Gasteiger partial charge is 1.00 e. The van der Waals surface area contributed by atoms with Gasteiger partial charge in [-0.3, -0.25) is 4.52 Å². The number of hydrogen-bond acceptors (Lipinski definition) is 3. The number of halogens is 1. The van der Waals surface area contributed by atoms with Crippen LogP contribution in [-0.4, -0.2) is 5.27 Å². The lowest BCUT2D eigenvalue weighted by atomic mass is 9.95. The van der Waals surface area contributed by atoms with Crippen LogP contribution >= 0.6 is 0 Å². The van der Waals surface area contributed by atoms with E-state index in [2.05, 4.69) is 17.4 Å². The molecule has 1 aromatic heterocycles. The van der Waals surface area contributed by atoms with Gasteiger partial charge in [-0.25, -0.2) is 0 Å². The Morgan fingerprint density at radius 1 is 1.10 bits per heavy atom. The average molecular weight is 306 g/mol. The van der Waals surface area contributed by atoms with Crippen molar-refractivity contribution < 1.29 is 21.6 Å². The van der Waals surface area contributed by atoms with Gasteiger partial charge < -0.3 is 18.1 Å². The fourth-order valence-corrected chi connectivity index (χ4v) is 2.78. The van der Waals surface area contributed by atoms with E-state index in [1.54, 1.807) is 0 Å². The number of nitrogens with two attached hydrogens (primary N) is 1. The van der Waals surface area contributed by atoms with Crippen LogP contribution in [0.3, 0.4) is 0 Å². The quantitative estimate of drug-likeness (QED) is 0.826. The molecule has 5 heteroatoms. The van der Waals surface area contributed by atoms with Crippen molar-refractivity contribution in [1.29, 1.82) is 0 Å². The molecular weight excluding hydrogens is 286 g/mol. The molecule has 1 aromatic carbocycles. The number of aromatic nitrogens is 2. The predicted molar refractivity (Wildman–Crippen MR) is 78.6 cm³/mol. The Labute approximate surface area is 131 Å². The van der Waals surface area contributed by atoms with Crippen molar-refractivity contribution >= 4 is 18.0 Å². The van der Waals surface area contributed by atoms with Crippen molar-refractivity contribution in [2.24, 2.45) is 0 Å². The third-order valence-corrected chi connectivity index (χ3v) is 3.88. The Morgan fingerprint density at radius 3 is 2.52 bits per heavy atom. The Hall–Kier alpha value is -1.81. The molecule has 0 radical (unpaired) electrons. The zero-order valence-corrected chi connectivity index (χ0v) is 12.7. The number of rotatable bonds is 3. The van der Waals surface area contributed by atoms with Gasteiger partial charge in [-0.2, -0.15) is 0 Å². The topological polar surface area (TPSA) is 55.9 Å². The first kappa shape index (κ1) is 15.6. The molecule has 1 aliphatic rings. The van der Waals surface area contributed by atoms with Crippen molar-refractivity contribution in [3.05, 3.63) is 41.6 Å². The third kappa shape index (κ3) is 3.64. The van der Waals surface area contributed by atoms with Gasteiger partial charge in [0.2, 0.25) is 5.27 Å². The lowest BCUT2D eigenvalue weighted by molar-refractivity contribution is -0.788. The summed E-state index contributed by atoms with van der Waals surface area (Å²) in [5.74, 6) is 0.391. The lowest BCUT2D eigenvalue weighted by Gasteiger charge is -2.13. The maximum atomic E-state index is 5.91. The zero-order valence-electron chi connectivity index (χ0n) is 11.9. The second kappa shape index (κ2) is 7.27. The van der Waals surface area contributed by atoms with Crippen LogP contribution in [0.2, 0.25) is 0 Å². The summed E-state index contributed by atoms with van der Waals surface area (Å²) in [6, 6.07) is 10.6. The maximum absolute atomic E-state index is 5.91. The molecule has 0 saturated heterocycles. The summed E-state index contributed by atoms with van der Waals surface area (Å²) < 4.78 is 7.13. The summed E-state index contributed by atoms with van der Waals surface area (Å²) in [6.45, 7) is 0. The number of hydrogen-bond donors (Lipinski definition) is 1. The number of nitrogens with zero attached hydrogens (tertiary/aromatic N) is 2. The molecule has 0 unspecified atom stereocenters. The molecule has 0 aliphatic heterocycles. The second-order valence-electron chi connectivity index (χ2n) is 5.30. The third-order valence-electron chi connectivity index (χ3n) is 3.88. The van der Waals surface area contributed by atoms with E-state index >= 15 is 0 Å². The molecule has 112 valence electrons. The summed E-state index contributed by atoms with van der Waals surface area (Å²) in [6.07, 6.45) is 10.2. The van der Waals surface area contributed by atoms with E-state index in [1.807, 2.05) is 35.0 Å². The van der Waals surface area contributed by atoms with Crippen LogP contribution in [0.25, 0.3) is 12.2 Å². The SMILES string of the molecule is Nc1on[n+](C2CCCCC2)c1/C=C/c1ccccc1.[Cl-]. The number of benzene rings is 1. The summed E-state index contributed by atoms with van der Waals surface area (Å²) in [5, 5.41) is 4.12. The van der Waals surface area contributed by atoms with E-state index in [0.717, 1.165) is 24.1 Å². The highest BCUT2D eigenvalue weighted by atomic mass is 35.5. The van der Waals surface area contributed by atoms with Gasteiger partial charge in [-0.1, -0.05) is 36.8 Å². The molecule has 4 nitrogen and oxygen atoms in total. The fourth-order valence-electron chi connectivity index (χ4n) is 2.78. The predicted octanol–water partition coefficient (Wildman–Crippen LogP) is 0.224. The van der Waals surface area contributed by atoms with Crippen molar-refractivity contribution in [1.82, 2.24) is 5.27 Å². The van der Waals surface area contributed by atoms with Crippen LogP contribution in [0.15, 0.2) is 34.9 Å². The zero-order chi connectivity index (χ0) is 13.8. The maximum Gasteiger partial charge on any atom is 0.301 e. The van der Waals surface area contributed by atoms with E-state index in [-0.39, 0.29) is 12.4 Å². The minimum atomic E-state index is 0. The fraction of sp³-hybridized carbons (Fsp3) is 0.375. The Balaban J connectivity index is 0.00000161. The Bertz CT molecular complexity index is 589. The highest BCUT2D eigenvalue weighted by Gasteiger charge is 2.30. The van der Waals surface area contributed by atoms with Gasteiger partial charge in [0.25, 0.3) is 5.69 Å². The molecule has 0 bridgehead atoms. The standard InChI is InChI=1S/C16H20N3O.ClH/c17-16-15(12-11-13-7-3-1-4-8-13)19(18-20-16)14-9-5-2-6-10-14;/h1,3-4,7-8,11-12,14H,2,5-6,9-10,17H2;1H/q+1;/p-1/b12-11+;. The van der Waals surface area contributed by atoms with E-state index < -0.39 is 0 Å². The van der Waals surface area contributed by atoms with E-state index in [0.29, 0.717) is 11.9 Å². The molecule has 0 amide bonds. The van der Waals surface area contributed by atoms with Gasteiger partial charge in [0.1, 0.15) is 0 Å². The monoisotopic (exact) mass is 305 g/mol. The molecule has 3 rings (SSSR count). The Kier molecular flexibility index (Phi) is 5.39. The van der Waals surface area contributed by atoms with Crippen LogP contribution in [0.4, 0.5) is 5.88 Å². The number of anilines is 1. The smallest absolute Gasteiger partial charge is 0.301 e. The van der Waals surface area contributed by atoms with Crippen molar-refractivity contribution in [2.75, 3.05) is 5.73 Å². The van der Waals surface area contributed by atoms with Gasteiger partial charge in [0.15, 0.2) is 6.04 Å². The summed E-state index contributed by atoms with van der Waals surface area (Å²) in [4.78, 5) is 0. The molecule has 1 fully saturated rings. The average Bonchev–Trinajstić information content (AvgIpc) is 2.88. The molecule has 0 atom stereocenters. The van der Waals surface area contributed by atoms with E-state index in [1.165, 1.54) is 19.3 Å². The normalized spacial score (nSPS) is 16.0. The van der Waals surface area contributed by atoms with Crippen molar-refractivity contribution in [3.63, 3.8) is 0 Å².